The van der Waals surface area contributed by atoms with Gasteiger partial charge in [0.25, 0.3) is 0 Å². The number of anilines is 3. The lowest BCUT2D eigenvalue weighted by molar-refractivity contribution is 0.660. The van der Waals surface area contributed by atoms with Gasteiger partial charge < -0.3 is 4.90 Å². The van der Waals surface area contributed by atoms with Gasteiger partial charge in [-0.3, -0.25) is 0 Å². The fraction of sp³-hybridized carbons (Fsp3) is 0.0667. The Labute approximate surface area is 357 Å². The summed E-state index contributed by atoms with van der Waals surface area (Å²) in [6.45, 7) is 4.74. The maximum absolute atomic E-state index is 2.48. The summed E-state index contributed by atoms with van der Waals surface area (Å²) >= 11 is 0. The molecule has 0 unspecified atom stereocenters. The third kappa shape index (κ3) is 5.20. The number of hydrogen-bond donors (Lipinski definition) is 0. The molecule has 61 heavy (non-hydrogen) atoms. The van der Waals surface area contributed by atoms with Gasteiger partial charge >= 0.3 is 0 Å². The van der Waals surface area contributed by atoms with E-state index < -0.39 is 5.41 Å². The van der Waals surface area contributed by atoms with E-state index in [1.54, 1.807) is 0 Å². The fourth-order valence-corrected chi connectivity index (χ4v) is 10.9. The van der Waals surface area contributed by atoms with Crippen molar-refractivity contribution < 1.29 is 0 Å². The van der Waals surface area contributed by atoms with E-state index in [9.17, 15) is 0 Å². The molecule has 0 atom stereocenters. The first kappa shape index (κ1) is 35.5. The number of nitrogens with zero attached hydrogens (tertiary/aromatic N) is 1. The van der Waals surface area contributed by atoms with Gasteiger partial charge in [-0.2, -0.15) is 0 Å². The van der Waals surface area contributed by atoms with E-state index in [0.29, 0.717) is 0 Å². The first-order chi connectivity index (χ1) is 30.0. The Kier molecular flexibility index (Phi) is 7.86. The summed E-state index contributed by atoms with van der Waals surface area (Å²) < 4.78 is 0. The van der Waals surface area contributed by atoms with Crippen LogP contribution in [0, 0.1) is 0 Å². The summed E-state index contributed by atoms with van der Waals surface area (Å²) in [5, 5.41) is 5.08. The van der Waals surface area contributed by atoms with E-state index >= 15 is 0 Å². The van der Waals surface area contributed by atoms with E-state index in [1.807, 2.05) is 0 Å². The molecule has 0 radical (unpaired) electrons. The summed E-state index contributed by atoms with van der Waals surface area (Å²) in [5.41, 5.74) is 18.3. The quantitative estimate of drug-likeness (QED) is 0.152. The first-order valence-corrected chi connectivity index (χ1v) is 21.4. The van der Waals surface area contributed by atoms with E-state index in [4.69, 9.17) is 0 Å². The van der Waals surface area contributed by atoms with Gasteiger partial charge in [0.05, 0.1) is 5.41 Å². The molecule has 12 rings (SSSR count). The lowest BCUT2D eigenvalue weighted by Crippen LogP contribution is -2.28. The van der Waals surface area contributed by atoms with Crippen LogP contribution in [0.3, 0.4) is 0 Å². The summed E-state index contributed by atoms with van der Waals surface area (Å²) in [4.78, 5) is 2.48. The van der Waals surface area contributed by atoms with Gasteiger partial charge in [-0.05, 0) is 131 Å². The normalized spacial score (nSPS) is 14.0. The molecule has 0 saturated carbocycles. The van der Waals surface area contributed by atoms with E-state index in [-0.39, 0.29) is 5.41 Å². The van der Waals surface area contributed by atoms with Crippen molar-refractivity contribution in [3.8, 4) is 33.4 Å². The molecule has 1 nitrogen and oxygen atoms in total. The van der Waals surface area contributed by atoms with Gasteiger partial charge in [0.1, 0.15) is 0 Å². The molecule has 0 aliphatic heterocycles. The van der Waals surface area contributed by atoms with Gasteiger partial charge in [0.15, 0.2) is 0 Å². The zero-order valence-corrected chi connectivity index (χ0v) is 34.3. The highest BCUT2D eigenvalue weighted by molar-refractivity contribution is 6.13. The number of rotatable bonds is 6. The smallest absolute Gasteiger partial charge is 0.0714 e. The molecule has 0 spiro atoms. The minimum absolute atomic E-state index is 0.135. The van der Waals surface area contributed by atoms with E-state index in [2.05, 4.69) is 243 Å². The molecule has 10 aromatic carbocycles. The molecular formula is C60H43N. The third-order valence-corrected chi connectivity index (χ3v) is 13.7. The van der Waals surface area contributed by atoms with Crippen LogP contribution >= 0.6 is 0 Å². The van der Waals surface area contributed by atoms with Crippen LogP contribution in [0.4, 0.5) is 17.1 Å². The SMILES string of the molecule is CC1(C)c2ccccc2-c2ccc(N(c3ccc(-c4cc5ccccc5c5ccccc45)cc3)c3ccc4c(c3)C(c3ccccc3)(c3ccccc3)c3ccccc3-4)cc21. The summed E-state index contributed by atoms with van der Waals surface area (Å²) in [6, 6.07) is 83.6. The molecule has 0 heterocycles. The zero-order chi connectivity index (χ0) is 40.7. The molecule has 2 aliphatic rings. The Bertz CT molecular complexity index is 3280. The highest BCUT2D eigenvalue weighted by Crippen LogP contribution is 2.58. The Morgan fingerprint density at radius 1 is 0.311 bits per heavy atom. The highest BCUT2D eigenvalue weighted by atomic mass is 15.1. The van der Waals surface area contributed by atoms with Crippen molar-refractivity contribution in [2.45, 2.75) is 24.7 Å². The molecule has 288 valence electrons. The first-order valence-electron chi connectivity index (χ1n) is 21.4. The van der Waals surface area contributed by atoms with E-state index in [0.717, 1.165) is 17.1 Å². The molecule has 0 amide bonds. The van der Waals surface area contributed by atoms with Crippen molar-refractivity contribution in [1.82, 2.24) is 0 Å². The van der Waals surface area contributed by atoms with Crippen molar-refractivity contribution in [3.63, 3.8) is 0 Å². The van der Waals surface area contributed by atoms with Gasteiger partial charge in [-0.15, -0.1) is 0 Å². The zero-order valence-electron chi connectivity index (χ0n) is 34.3. The van der Waals surface area contributed by atoms with Crippen LogP contribution in [0.15, 0.2) is 224 Å². The molecule has 10 aromatic rings. The monoisotopic (exact) mass is 777 g/mol. The van der Waals surface area contributed by atoms with Crippen LogP contribution < -0.4 is 4.90 Å². The summed E-state index contributed by atoms with van der Waals surface area (Å²) in [5.74, 6) is 0. The predicted octanol–water partition coefficient (Wildman–Crippen LogP) is 15.8. The van der Waals surface area contributed by atoms with Crippen molar-refractivity contribution in [3.05, 3.63) is 258 Å². The third-order valence-electron chi connectivity index (χ3n) is 13.7. The lowest BCUT2D eigenvalue weighted by Gasteiger charge is -2.35. The van der Waals surface area contributed by atoms with Gasteiger partial charge in [0, 0.05) is 22.5 Å². The van der Waals surface area contributed by atoms with Crippen molar-refractivity contribution in [2.75, 3.05) is 4.90 Å². The molecule has 0 bridgehead atoms. The molecule has 0 N–H and O–H groups in total. The van der Waals surface area contributed by atoms with Crippen LogP contribution in [-0.4, -0.2) is 0 Å². The number of benzene rings is 10. The topological polar surface area (TPSA) is 3.24 Å². The molecule has 1 heteroatoms. The summed E-state index contributed by atoms with van der Waals surface area (Å²) in [6.07, 6.45) is 0. The average molecular weight is 778 g/mol. The highest BCUT2D eigenvalue weighted by Gasteiger charge is 2.46. The van der Waals surface area contributed by atoms with Crippen LogP contribution in [0.25, 0.3) is 54.9 Å². The van der Waals surface area contributed by atoms with Crippen molar-refractivity contribution in [2.24, 2.45) is 0 Å². The lowest BCUT2D eigenvalue weighted by atomic mass is 9.67. The molecule has 0 saturated heterocycles. The molecular weight excluding hydrogens is 735 g/mol. The second-order valence-corrected chi connectivity index (χ2v) is 17.2. The number of hydrogen-bond acceptors (Lipinski definition) is 1. The fourth-order valence-electron chi connectivity index (χ4n) is 10.9. The maximum Gasteiger partial charge on any atom is 0.0714 e. The number of fused-ring (bicyclic) bond motifs is 9. The van der Waals surface area contributed by atoms with Crippen LogP contribution in [0.5, 0.6) is 0 Å². The second-order valence-electron chi connectivity index (χ2n) is 17.2. The Hall–Kier alpha value is -7.48. The average Bonchev–Trinajstić information content (AvgIpc) is 3.75. The minimum atomic E-state index is -0.501. The second kappa shape index (κ2) is 13.5. The Balaban J connectivity index is 1.08. The van der Waals surface area contributed by atoms with E-state index in [1.165, 1.54) is 88.3 Å². The molecule has 0 aromatic heterocycles. The standard InChI is InChI=1S/C60H43N/c1-59(2)55-27-15-13-25-50(55)52-35-33-45(38-57(52)59)61(44-31-29-40(30-32-44)54-37-41-17-9-10-22-47(41)48-23-11-12-24-49(48)54)46-34-36-53-51-26-14-16-28-56(51)60(58(53)39-46,42-18-5-3-6-19-42)43-20-7-4-8-21-43/h3-39H,1-2H3. The van der Waals surface area contributed by atoms with Crippen molar-refractivity contribution in [1.29, 1.82) is 0 Å². The minimum Gasteiger partial charge on any atom is -0.310 e. The Morgan fingerprint density at radius 2 is 0.787 bits per heavy atom. The van der Waals surface area contributed by atoms with Crippen LogP contribution in [0.1, 0.15) is 47.2 Å². The molecule has 2 aliphatic carbocycles. The summed E-state index contributed by atoms with van der Waals surface area (Å²) in [7, 11) is 0. The van der Waals surface area contributed by atoms with Gasteiger partial charge in [-0.1, -0.05) is 196 Å². The van der Waals surface area contributed by atoms with Gasteiger partial charge in [-0.25, -0.2) is 0 Å². The van der Waals surface area contributed by atoms with Crippen LogP contribution in [0.2, 0.25) is 0 Å². The predicted molar refractivity (Wildman–Crippen MR) is 256 cm³/mol. The maximum atomic E-state index is 2.48. The van der Waals surface area contributed by atoms with Gasteiger partial charge in [0.2, 0.25) is 0 Å². The largest absolute Gasteiger partial charge is 0.310 e. The van der Waals surface area contributed by atoms with Crippen molar-refractivity contribution >= 4 is 38.6 Å². The Morgan fingerprint density at radius 3 is 1.46 bits per heavy atom. The molecule has 0 fully saturated rings. The van der Waals surface area contributed by atoms with Crippen LogP contribution in [-0.2, 0) is 10.8 Å².